The van der Waals surface area contributed by atoms with Gasteiger partial charge in [0.25, 0.3) is 0 Å². The minimum Gasteiger partial charge on any atom is -0.388 e. The van der Waals surface area contributed by atoms with E-state index in [0.717, 1.165) is 0 Å². The Bertz CT molecular complexity index is 162. The van der Waals surface area contributed by atoms with Crippen LogP contribution >= 0.6 is 0 Å². The maximum absolute atomic E-state index is 9.41. The predicted octanol–water partition coefficient (Wildman–Crippen LogP) is -0.909. The zero-order chi connectivity index (χ0) is 8.55. The fourth-order valence-electron chi connectivity index (χ4n) is 1.53. The number of fused-ring (bicyclic) bond motifs is 1. The molecule has 2 heterocycles. The lowest BCUT2D eigenvalue weighted by atomic mass is 10.1. The fourth-order valence-corrected chi connectivity index (χ4v) is 1.53. The van der Waals surface area contributed by atoms with Crippen molar-refractivity contribution in [1.82, 2.24) is 0 Å². The van der Waals surface area contributed by atoms with Gasteiger partial charge in [-0.05, 0) is 0 Å². The van der Waals surface area contributed by atoms with Gasteiger partial charge in [0.1, 0.15) is 25.1 Å². The minimum atomic E-state index is -0.608. The van der Waals surface area contributed by atoms with E-state index in [9.17, 15) is 5.11 Å². The van der Waals surface area contributed by atoms with Crippen molar-refractivity contribution in [2.45, 2.75) is 24.6 Å². The summed E-state index contributed by atoms with van der Waals surface area (Å²) in [6, 6.07) is 0. The Labute approximate surface area is 70.2 Å². The summed E-state index contributed by atoms with van der Waals surface area (Å²) in [6.07, 6.45) is -1.62. The van der Waals surface area contributed by atoms with Crippen molar-refractivity contribution >= 4 is 0 Å². The van der Waals surface area contributed by atoms with Gasteiger partial charge in [-0.3, -0.25) is 0 Å². The molecule has 0 aromatic heterocycles. The van der Waals surface area contributed by atoms with Crippen LogP contribution in [0.25, 0.3) is 0 Å². The molecule has 1 N–H and O–H groups in total. The SMILES string of the molecule is CO[C@H]1OC[C@@H](O)[C@@H]2OCO[C@H]12. The molecule has 5 heteroatoms. The Kier molecular flexibility index (Phi) is 2.29. The maximum Gasteiger partial charge on any atom is 0.186 e. The zero-order valence-corrected chi connectivity index (χ0v) is 6.80. The van der Waals surface area contributed by atoms with E-state index >= 15 is 0 Å². The lowest BCUT2D eigenvalue weighted by Crippen LogP contribution is -2.51. The summed E-state index contributed by atoms with van der Waals surface area (Å²) in [5.41, 5.74) is 0. The molecule has 0 aliphatic carbocycles. The van der Waals surface area contributed by atoms with Crippen LogP contribution in [-0.2, 0) is 18.9 Å². The molecule has 2 rings (SSSR count). The van der Waals surface area contributed by atoms with Crippen LogP contribution in [-0.4, -0.2) is 50.2 Å². The monoisotopic (exact) mass is 176 g/mol. The van der Waals surface area contributed by atoms with Gasteiger partial charge in [-0.2, -0.15) is 0 Å². The second kappa shape index (κ2) is 3.27. The standard InChI is InChI=1S/C7H12O5/c1-9-7-6-5(11-3-12-6)4(8)2-10-7/h4-8H,2-3H2,1H3/t4-,5+,6+,7+/m1/s1. The van der Waals surface area contributed by atoms with E-state index < -0.39 is 12.4 Å². The summed E-state index contributed by atoms with van der Waals surface area (Å²) in [7, 11) is 1.54. The van der Waals surface area contributed by atoms with E-state index in [2.05, 4.69) is 0 Å². The van der Waals surface area contributed by atoms with Gasteiger partial charge in [-0.15, -0.1) is 0 Å². The number of ether oxygens (including phenoxy) is 4. The first-order valence-corrected chi connectivity index (χ1v) is 3.88. The average Bonchev–Trinajstić information content (AvgIpc) is 2.54. The molecule has 0 radical (unpaired) electrons. The molecule has 0 aromatic rings. The molecule has 2 aliphatic rings. The van der Waals surface area contributed by atoms with E-state index in [-0.39, 0.29) is 25.6 Å². The lowest BCUT2D eigenvalue weighted by molar-refractivity contribution is -0.234. The van der Waals surface area contributed by atoms with Gasteiger partial charge >= 0.3 is 0 Å². The smallest absolute Gasteiger partial charge is 0.186 e. The molecule has 12 heavy (non-hydrogen) atoms. The van der Waals surface area contributed by atoms with Crippen LogP contribution in [0.2, 0.25) is 0 Å². The van der Waals surface area contributed by atoms with Gasteiger partial charge in [-0.25, -0.2) is 0 Å². The van der Waals surface area contributed by atoms with Crippen molar-refractivity contribution in [3.05, 3.63) is 0 Å². The summed E-state index contributed by atoms with van der Waals surface area (Å²) < 4.78 is 20.6. The van der Waals surface area contributed by atoms with Gasteiger partial charge in [0, 0.05) is 7.11 Å². The number of aliphatic hydroxyl groups is 1. The van der Waals surface area contributed by atoms with Crippen molar-refractivity contribution in [3.63, 3.8) is 0 Å². The molecule has 70 valence electrons. The predicted molar refractivity (Wildman–Crippen MR) is 37.4 cm³/mol. The van der Waals surface area contributed by atoms with Gasteiger partial charge in [-0.1, -0.05) is 0 Å². The van der Waals surface area contributed by atoms with Crippen LogP contribution in [0, 0.1) is 0 Å². The lowest BCUT2D eigenvalue weighted by Gasteiger charge is -2.33. The maximum atomic E-state index is 9.41. The van der Waals surface area contributed by atoms with Crippen molar-refractivity contribution in [2.24, 2.45) is 0 Å². The van der Waals surface area contributed by atoms with E-state index in [1.165, 1.54) is 0 Å². The second-order valence-electron chi connectivity index (χ2n) is 2.89. The molecule has 0 spiro atoms. The summed E-state index contributed by atoms with van der Waals surface area (Å²) in [4.78, 5) is 0. The molecule has 2 fully saturated rings. The number of methoxy groups -OCH3 is 1. The van der Waals surface area contributed by atoms with Crippen molar-refractivity contribution < 1.29 is 24.1 Å². The quantitative estimate of drug-likeness (QED) is 0.560. The Morgan fingerprint density at radius 3 is 2.75 bits per heavy atom. The highest BCUT2D eigenvalue weighted by molar-refractivity contribution is 4.87. The van der Waals surface area contributed by atoms with Crippen LogP contribution in [0.3, 0.4) is 0 Å². The first-order valence-electron chi connectivity index (χ1n) is 3.88. The molecule has 0 aromatic carbocycles. The van der Waals surface area contributed by atoms with Gasteiger partial charge < -0.3 is 24.1 Å². The summed E-state index contributed by atoms with van der Waals surface area (Å²) in [5.74, 6) is 0. The van der Waals surface area contributed by atoms with Crippen molar-refractivity contribution in [3.8, 4) is 0 Å². The third-order valence-electron chi connectivity index (χ3n) is 2.16. The van der Waals surface area contributed by atoms with Crippen LogP contribution in [0.4, 0.5) is 0 Å². The normalized spacial score (nSPS) is 47.5. The second-order valence-corrected chi connectivity index (χ2v) is 2.89. The Hall–Kier alpha value is -0.200. The number of rotatable bonds is 1. The highest BCUT2D eigenvalue weighted by Gasteiger charge is 2.45. The molecule has 0 amide bonds. The van der Waals surface area contributed by atoms with Crippen LogP contribution in [0.5, 0.6) is 0 Å². The number of hydrogen-bond acceptors (Lipinski definition) is 5. The van der Waals surface area contributed by atoms with E-state index in [1.807, 2.05) is 0 Å². The van der Waals surface area contributed by atoms with Gasteiger partial charge in [0.2, 0.25) is 0 Å². The highest BCUT2D eigenvalue weighted by atomic mass is 16.8. The molecular formula is C7H12O5. The molecular weight excluding hydrogens is 164 g/mol. The highest BCUT2D eigenvalue weighted by Crippen LogP contribution is 2.26. The van der Waals surface area contributed by atoms with Crippen LogP contribution in [0.1, 0.15) is 0 Å². The largest absolute Gasteiger partial charge is 0.388 e. The number of hydrogen-bond donors (Lipinski definition) is 1. The Balaban J connectivity index is 2.06. The fraction of sp³-hybridized carbons (Fsp3) is 1.00. The third kappa shape index (κ3) is 1.23. The van der Waals surface area contributed by atoms with E-state index in [1.54, 1.807) is 7.11 Å². The Morgan fingerprint density at radius 2 is 2.00 bits per heavy atom. The van der Waals surface area contributed by atoms with Crippen molar-refractivity contribution in [1.29, 1.82) is 0 Å². The summed E-state index contributed by atoms with van der Waals surface area (Å²) in [5, 5.41) is 9.41. The molecule has 0 unspecified atom stereocenters. The van der Waals surface area contributed by atoms with E-state index in [0.29, 0.717) is 0 Å². The summed E-state index contributed by atoms with van der Waals surface area (Å²) in [6.45, 7) is 0.443. The van der Waals surface area contributed by atoms with Crippen molar-refractivity contribution in [2.75, 3.05) is 20.5 Å². The Morgan fingerprint density at radius 1 is 1.25 bits per heavy atom. The van der Waals surface area contributed by atoms with Gasteiger partial charge in [0.05, 0.1) is 6.61 Å². The molecule has 0 saturated carbocycles. The molecule has 5 nitrogen and oxygen atoms in total. The first-order chi connectivity index (χ1) is 5.83. The topological polar surface area (TPSA) is 57.2 Å². The third-order valence-corrected chi connectivity index (χ3v) is 2.16. The number of aliphatic hydroxyl groups excluding tert-OH is 1. The zero-order valence-electron chi connectivity index (χ0n) is 6.80. The first kappa shape index (κ1) is 8.40. The minimum absolute atomic E-state index is 0.204. The molecule has 2 aliphatic heterocycles. The molecule has 0 bridgehead atoms. The van der Waals surface area contributed by atoms with Gasteiger partial charge in [0.15, 0.2) is 6.29 Å². The van der Waals surface area contributed by atoms with E-state index in [4.69, 9.17) is 18.9 Å². The average molecular weight is 176 g/mol. The summed E-state index contributed by atoms with van der Waals surface area (Å²) >= 11 is 0. The molecule has 2 saturated heterocycles. The molecule has 4 atom stereocenters. The van der Waals surface area contributed by atoms with Crippen LogP contribution < -0.4 is 0 Å². The van der Waals surface area contributed by atoms with Crippen LogP contribution in [0.15, 0.2) is 0 Å².